The van der Waals surface area contributed by atoms with Gasteiger partial charge in [-0.3, -0.25) is 19.5 Å². The van der Waals surface area contributed by atoms with Crippen LogP contribution in [0.1, 0.15) is 45.2 Å². The number of carbonyl (C=O) groups is 2. The number of rotatable bonds is 4. The average molecular weight is 400 g/mol. The maximum atomic E-state index is 12.6. The number of anilines is 1. The smallest absolute Gasteiger partial charge is 0.274 e. The largest absolute Gasteiger partial charge is 0.355 e. The van der Waals surface area contributed by atoms with E-state index in [0.29, 0.717) is 22.1 Å². The number of nitrogens with zero attached hydrogens (tertiary/aromatic N) is 3. The van der Waals surface area contributed by atoms with Crippen LogP contribution < -0.4 is 16.2 Å². The van der Waals surface area contributed by atoms with Crippen molar-refractivity contribution in [3.63, 3.8) is 0 Å². The van der Waals surface area contributed by atoms with Crippen LogP contribution in [0.4, 0.5) is 5.00 Å². The van der Waals surface area contributed by atoms with Crippen molar-refractivity contribution in [3.05, 3.63) is 43.9 Å². The Kier molecular flexibility index (Phi) is 4.71. The molecule has 1 aliphatic rings. The molecule has 3 N–H and O–H groups in total. The van der Waals surface area contributed by atoms with Gasteiger partial charge in [-0.15, -0.1) is 11.3 Å². The topological polar surface area (TPSA) is 121 Å². The van der Waals surface area contributed by atoms with Crippen molar-refractivity contribution in [3.8, 4) is 0 Å². The minimum absolute atomic E-state index is 0.0579. The van der Waals surface area contributed by atoms with Gasteiger partial charge in [0.25, 0.3) is 17.2 Å². The average Bonchev–Trinajstić information content (AvgIpc) is 3.21. The van der Waals surface area contributed by atoms with Crippen molar-refractivity contribution < 1.29 is 9.59 Å². The molecule has 9 nitrogen and oxygen atoms in total. The first-order valence-electron chi connectivity index (χ1n) is 9.08. The number of amides is 2. The van der Waals surface area contributed by atoms with E-state index in [4.69, 9.17) is 0 Å². The maximum Gasteiger partial charge on any atom is 0.274 e. The van der Waals surface area contributed by atoms with Gasteiger partial charge < -0.3 is 10.6 Å². The van der Waals surface area contributed by atoms with Crippen molar-refractivity contribution in [2.24, 2.45) is 0 Å². The van der Waals surface area contributed by atoms with Crippen LogP contribution >= 0.6 is 11.3 Å². The maximum absolute atomic E-state index is 12.6. The molecule has 0 spiro atoms. The van der Waals surface area contributed by atoms with Gasteiger partial charge in [0.1, 0.15) is 10.8 Å². The lowest BCUT2D eigenvalue weighted by atomic mass is 9.95. The highest BCUT2D eigenvalue weighted by Crippen LogP contribution is 2.38. The number of nitrogens with one attached hydrogen (secondary N) is 3. The van der Waals surface area contributed by atoms with Crippen LogP contribution in [0.2, 0.25) is 0 Å². The molecule has 0 aliphatic heterocycles. The van der Waals surface area contributed by atoms with Crippen molar-refractivity contribution in [1.29, 1.82) is 0 Å². The van der Waals surface area contributed by atoms with Crippen LogP contribution in [0.25, 0.3) is 5.78 Å². The Hall–Kier alpha value is -3.01. The summed E-state index contributed by atoms with van der Waals surface area (Å²) in [4.78, 5) is 46.5. The molecule has 0 aromatic carbocycles. The van der Waals surface area contributed by atoms with E-state index in [1.165, 1.54) is 21.9 Å². The van der Waals surface area contributed by atoms with Crippen molar-refractivity contribution in [1.82, 2.24) is 24.9 Å². The molecular weight excluding hydrogens is 380 g/mol. The fourth-order valence-electron chi connectivity index (χ4n) is 3.46. The van der Waals surface area contributed by atoms with E-state index in [1.54, 1.807) is 14.0 Å². The van der Waals surface area contributed by atoms with Gasteiger partial charge in [0.05, 0.1) is 12.0 Å². The zero-order valence-corrected chi connectivity index (χ0v) is 16.4. The Morgan fingerprint density at radius 3 is 2.86 bits per heavy atom. The summed E-state index contributed by atoms with van der Waals surface area (Å²) in [5, 5.41) is 8.88. The molecule has 0 bridgehead atoms. The quantitative estimate of drug-likeness (QED) is 0.608. The van der Waals surface area contributed by atoms with Gasteiger partial charge in [0.2, 0.25) is 5.91 Å². The minimum Gasteiger partial charge on any atom is -0.355 e. The predicted molar refractivity (Wildman–Crippen MR) is 105 cm³/mol. The number of aromatic nitrogens is 4. The number of thiophene rings is 1. The molecule has 0 atom stereocenters. The van der Waals surface area contributed by atoms with Crippen molar-refractivity contribution in [2.45, 2.75) is 39.0 Å². The fourth-order valence-corrected chi connectivity index (χ4v) is 4.76. The first kappa shape index (κ1) is 18.4. The minimum atomic E-state index is -0.312. The molecule has 3 aromatic heterocycles. The van der Waals surface area contributed by atoms with Gasteiger partial charge in [-0.25, -0.2) is 4.98 Å². The van der Waals surface area contributed by atoms with Crippen molar-refractivity contribution in [2.75, 3.05) is 12.4 Å². The third-order valence-electron chi connectivity index (χ3n) is 4.71. The fraction of sp³-hybridized carbons (Fsp3) is 0.389. The molecule has 4 rings (SSSR count). The van der Waals surface area contributed by atoms with Crippen LogP contribution in [0.15, 0.2) is 10.9 Å². The Morgan fingerprint density at radius 2 is 2.07 bits per heavy atom. The standard InChI is InChI=1S/C18H20N6O3S/c1-9-7-14(26)24-18(20-9)21-12(23-24)8-13(25)22-17-15(16(27)19-2)10-5-3-4-6-11(10)28-17/h7H,3-6,8H2,1-2H3,(H,19,27)(H,22,25)(H,20,21,23). The molecule has 28 heavy (non-hydrogen) atoms. The number of aromatic amines is 1. The summed E-state index contributed by atoms with van der Waals surface area (Å²) >= 11 is 1.46. The van der Waals surface area contributed by atoms with Gasteiger partial charge in [-0.05, 0) is 38.2 Å². The highest BCUT2D eigenvalue weighted by Gasteiger charge is 2.26. The number of H-pyrrole nitrogens is 1. The Bertz CT molecular complexity index is 1140. The van der Waals surface area contributed by atoms with Gasteiger partial charge in [0.15, 0.2) is 0 Å². The van der Waals surface area contributed by atoms with Crippen LogP contribution in [0, 0.1) is 6.92 Å². The van der Waals surface area contributed by atoms with E-state index in [0.717, 1.165) is 36.1 Å². The Balaban J connectivity index is 1.59. The third kappa shape index (κ3) is 3.31. The molecule has 1 aliphatic carbocycles. The van der Waals surface area contributed by atoms with Crippen molar-refractivity contribution >= 4 is 33.9 Å². The highest BCUT2D eigenvalue weighted by atomic mass is 32.1. The summed E-state index contributed by atoms with van der Waals surface area (Å²) < 4.78 is 1.20. The first-order valence-corrected chi connectivity index (χ1v) is 9.89. The molecule has 0 saturated heterocycles. The van der Waals surface area contributed by atoms with Crippen LogP contribution in [-0.4, -0.2) is 38.4 Å². The van der Waals surface area contributed by atoms with E-state index in [2.05, 4.69) is 25.7 Å². The Labute approximate surface area is 164 Å². The molecule has 0 unspecified atom stereocenters. The number of carbonyl (C=O) groups excluding carboxylic acids is 2. The molecule has 146 valence electrons. The SMILES string of the molecule is CNC(=O)c1c(NC(=O)Cc2nc3nc(C)cc(=O)n3[nH]2)sc2c1CCCC2. The summed E-state index contributed by atoms with van der Waals surface area (Å²) in [6.45, 7) is 1.71. The monoisotopic (exact) mass is 400 g/mol. The number of aryl methyl sites for hydroxylation is 2. The lowest BCUT2D eigenvalue weighted by Gasteiger charge is -2.12. The van der Waals surface area contributed by atoms with E-state index in [1.807, 2.05) is 0 Å². The predicted octanol–water partition coefficient (Wildman–Crippen LogP) is 1.21. The van der Waals surface area contributed by atoms with Crippen LogP contribution in [0.3, 0.4) is 0 Å². The highest BCUT2D eigenvalue weighted by molar-refractivity contribution is 7.17. The summed E-state index contributed by atoms with van der Waals surface area (Å²) in [5.74, 6) is 0.0539. The summed E-state index contributed by atoms with van der Waals surface area (Å²) in [7, 11) is 1.59. The lowest BCUT2D eigenvalue weighted by Crippen LogP contribution is -2.22. The van der Waals surface area contributed by atoms with Crippen LogP contribution in [-0.2, 0) is 24.1 Å². The molecule has 3 heterocycles. The number of hydrogen-bond donors (Lipinski definition) is 3. The molecule has 3 aromatic rings. The van der Waals surface area contributed by atoms with E-state index in [-0.39, 0.29) is 29.6 Å². The molecule has 0 radical (unpaired) electrons. The van der Waals surface area contributed by atoms with Gasteiger partial charge in [-0.2, -0.15) is 9.50 Å². The Morgan fingerprint density at radius 1 is 1.29 bits per heavy atom. The van der Waals surface area contributed by atoms with Gasteiger partial charge in [-0.1, -0.05) is 0 Å². The second kappa shape index (κ2) is 7.19. The van der Waals surface area contributed by atoms with E-state index < -0.39 is 0 Å². The van der Waals surface area contributed by atoms with Crippen LogP contribution in [0.5, 0.6) is 0 Å². The second-order valence-electron chi connectivity index (χ2n) is 6.76. The van der Waals surface area contributed by atoms with Gasteiger partial charge >= 0.3 is 0 Å². The zero-order chi connectivity index (χ0) is 19.8. The molecule has 0 saturated carbocycles. The summed E-state index contributed by atoms with van der Waals surface area (Å²) in [6, 6.07) is 1.39. The first-order chi connectivity index (χ1) is 13.5. The summed E-state index contributed by atoms with van der Waals surface area (Å²) in [6.07, 6.45) is 3.85. The van der Waals surface area contributed by atoms with E-state index >= 15 is 0 Å². The zero-order valence-electron chi connectivity index (χ0n) is 15.6. The third-order valence-corrected chi connectivity index (χ3v) is 5.92. The number of fused-ring (bicyclic) bond motifs is 2. The summed E-state index contributed by atoms with van der Waals surface area (Å²) in [5.41, 5.74) is 1.89. The van der Waals surface area contributed by atoms with Gasteiger partial charge in [0, 0.05) is 23.7 Å². The van der Waals surface area contributed by atoms with E-state index in [9.17, 15) is 14.4 Å². The second-order valence-corrected chi connectivity index (χ2v) is 7.87. The molecule has 2 amide bonds. The molecular formula is C18H20N6O3S. The lowest BCUT2D eigenvalue weighted by molar-refractivity contribution is -0.115. The molecule has 10 heteroatoms. The number of hydrogen-bond acceptors (Lipinski definition) is 6. The molecule has 0 fully saturated rings. The normalized spacial score (nSPS) is 13.4.